The van der Waals surface area contributed by atoms with Crippen LogP contribution in [0.3, 0.4) is 0 Å². The van der Waals surface area contributed by atoms with E-state index in [1.54, 1.807) is 0 Å². The third kappa shape index (κ3) is 1.94. The Morgan fingerprint density at radius 2 is 2.00 bits per heavy atom. The van der Waals surface area contributed by atoms with E-state index in [2.05, 4.69) is 26.1 Å². The van der Waals surface area contributed by atoms with Gasteiger partial charge < -0.3 is 11.1 Å². The fourth-order valence-corrected chi connectivity index (χ4v) is 3.20. The summed E-state index contributed by atoms with van der Waals surface area (Å²) in [6, 6.07) is 0. The molecular weight excluding hydrogens is 184 g/mol. The predicted molar refractivity (Wildman–Crippen MR) is 64.7 cm³/mol. The number of hydrogen-bond donors (Lipinski definition) is 2. The lowest BCUT2D eigenvalue weighted by Crippen LogP contribution is -2.58. The number of rotatable bonds is 4. The molecule has 0 spiro atoms. The molecule has 3 atom stereocenters. The molecule has 2 saturated carbocycles. The monoisotopic (exact) mass is 210 g/mol. The number of nitrogens with one attached hydrogen (secondary N) is 1. The molecule has 0 aliphatic heterocycles. The molecule has 0 amide bonds. The second-order valence-corrected chi connectivity index (χ2v) is 6.38. The first-order valence-corrected chi connectivity index (χ1v) is 6.46. The SMILES string of the molecule is CC1CC1CNC1(CN)CCCC1(C)C. The fraction of sp³-hybridized carbons (Fsp3) is 1.00. The molecule has 0 aromatic rings. The molecule has 2 heteroatoms. The van der Waals surface area contributed by atoms with Crippen LogP contribution in [-0.2, 0) is 0 Å². The van der Waals surface area contributed by atoms with Gasteiger partial charge in [-0.15, -0.1) is 0 Å². The average molecular weight is 210 g/mol. The van der Waals surface area contributed by atoms with E-state index in [0.29, 0.717) is 5.41 Å². The van der Waals surface area contributed by atoms with Crippen molar-refractivity contribution in [1.82, 2.24) is 5.32 Å². The van der Waals surface area contributed by atoms with E-state index in [4.69, 9.17) is 5.73 Å². The Hall–Kier alpha value is -0.0800. The van der Waals surface area contributed by atoms with Crippen molar-refractivity contribution in [2.24, 2.45) is 23.0 Å². The van der Waals surface area contributed by atoms with Gasteiger partial charge in [0.05, 0.1) is 0 Å². The lowest BCUT2D eigenvalue weighted by molar-refractivity contribution is 0.162. The zero-order chi connectivity index (χ0) is 11.1. The van der Waals surface area contributed by atoms with Gasteiger partial charge in [0, 0.05) is 12.1 Å². The van der Waals surface area contributed by atoms with Gasteiger partial charge in [0.1, 0.15) is 0 Å². The lowest BCUT2D eigenvalue weighted by atomic mass is 9.75. The summed E-state index contributed by atoms with van der Waals surface area (Å²) >= 11 is 0. The first kappa shape index (κ1) is 11.4. The highest BCUT2D eigenvalue weighted by molar-refractivity contribution is 5.06. The van der Waals surface area contributed by atoms with Gasteiger partial charge >= 0.3 is 0 Å². The van der Waals surface area contributed by atoms with Crippen molar-refractivity contribution >= 4 is 0 Å². The van der Waals surface area contributed by atoms with Crippen LogP contribution < -0.4 is 11.1 Å². The Morgan fingerprint density at radius 1 is 1.33 bits per heavy atom. The van der Waals surface area contributed by atoms with E-state index in [-0.39, 0.29) is 5.54 Å². The maximum atomic E-state index is 6.02. The molecule has 3 unspecified atom stereocenters. The van der Waals surface area contributed by atoms with E-state index < -0.39 is 0 Å². The minimum absolute atomic E-state index is 0.218. The molecule has 15 heavy (non-hydrogen) atoms. The zero-order valence-corrected chi connectivity index (χ0v) is 10.5. The van der Waals surface area contributed by atoms with Gasteiger partial charge in [0.25, 0.3) is 0 Å². The molecular formula is C13H26N2. The minimum atomic E-state index is 0.218. The zero-order valence-electron chi connectivity index (χ0n) is 10.5. The van der Waals surface area contributed by atoms with Gasteiger partial charge in [-0.05, 0) is 43.1 Å². The Labute approximate surface area is 94.0 Å². The van der Waals surface area contributed by atoms with Crippen molar-refractivity contribution in [2.45, 2.75) is 52.0 Å². The molecule has 0 bridgehead atoms. The summed E-state index contributed by atoms with van der Waals surface area (Å²) in [5, 5.41) is 3.80. The smallest absolute Gasteiger partial charge is 0.0355 e. The van der Waals surface area contributed by atoms with Crippen molar-refractivity contribution in [3.8, 4) is 0 Å². The van der Waals surface area contributed by atoms with E-state index in [0.717, 1.165) is 18.4 Å². The third-order valence-corrected chi connectivity index (χ3v) is 5.03. The van der Waals surface area contributed by atoms with E-state index in [9.17, 15) is 0 Å². The molecule has 0 radical (unpaired) electrons. The molecule has 2 aliphatic carbocycles. The molecule has 88 valence electrons. The normalized spacial score (nSPS) is 43.2. The van der Waals surface area contributed by atoms with Crippen molar-refractivity contribution in [2.75, 3.05) is 13.1 Å². The maximum Gasteiger partial charge on any atom is 0.0355 e. The van der Waals surface area contributed by atoms with E-state index in [1.807, 2.05) is 0 Å². The summed E-state index contributed by atoms with van der Waals surface area (Å²) in [7, 11) is 0. The van der Waals surface area contributed by atoms with Gasteiger partial charge in [-0.2, -0.15) is 0 Å². The summed E-state index contributed by atoms with van der Waals surface area (Å²) in [4.78, 5) is 0. The van der Waals surface area contributed by atoms with Crippen LogP contribution in [0, 0.1) is 17.3 Å². The Morgan fingerprint density at radius 3 is 2.40 bits per heavy atom. The van der Waals surface area contributed by atoms with Gasteiger partial charge in [0.15, 0.2) is 0 Å². The van der Waals surface area contributed by atoms with Crippen LogP contribution in [0.25, 0.3) is 0 Å². The topological polar surface area (TPSA) is 38.0 Å². The van der Waals surface area contributed by atoms with Crippen molar-refractivity contribution < 1.29 is 0 Å². The summed E-state index contributed by atoms with van der Waals surface area (Å²) < 4.78 is 0. The molecule has 3 N–H and O–H groups in total. The minimum Gasteiger partial charge on any atom is -0.329 e. The van der Waals surface area contributed by atoms with Gasteiger partial charge in [-0.3, -0.25) is 0 Å². The van der Waals surface area contributed by atoms with E-state index >= 15 is 0 Å². The first-order chi connectivity index (χ1) is 7.01. The second-order valence-electron chi connectivity index (χ2n) is 6.38. The summed E-state index contributed by atoms with van der Waals surface area (Å²) in [5.74, 6) is 1.86. The van der Waals surface area contributed by atoms with E-state index in [1.165, 1.54) is 32.2 Å². The van der Waals surface area contributed by atoms with Crippen LogP contribution in [0.15, 0.2) is 0 Å². The van der Waals surface area contributed by atoms with Crippen molar-refractivity contribution in [3.05, 3.63) is 0 Å². The van der Waals surface area contributed by atoms with Crippen molar-refractivity contribution in [3.63, 3.8) is 0 Å². The fourth-order valence-electron chi connectivity index (χ4n) is 3.20. The van der Waals surface area contributed by atoms with Crippen LogP contribution in [0.5, 0.6) is 0 Å². The summed E-state index contributed by atoms with van der Waals surface area (Å²) in [5.41, 5.74) is 6.62. The van der Waals surface area contributed by atoms with Crippen LogP contribution in [-0.4, -0.2) is 18.6 Å². The quantitative estimate of drug-likeness (QED) is 0.746. The lowest BCUT2D eigenvalue weighted by Gasteiger charge is -2.42. The first-order valence-electron chi connectivity index (χ1n) is 6.46. The van der Waals surface area contributed by atoms with Gasteiger partial charge in [-0.25, -0.2) is 0 Å². The Kier molecular flexibility index (Phi) is 2.85. The van der Waals surface area contributed by atoms with Crippen LogP contribution in [0.4, 0.5) is 0 Å². The molecule has 0 aromatic carbocycles. The predicted octanol–water partition coefficient (Wildman–Crippen LogP) is 2.14. The summed E-state index contributed by atoms with van der Waals surface area (Å²) in [6.07, 6.45) is 5.32. The highest BCUT2D eigenvalue weighted by Crippen LogP contribution is 2.46. The number of hydrogen-bond acceptors (Lipinski definition) is 2. The molecule has 2 nitrogen and oxygen atoms in total. The molecule has 0 saturated heterocycles. The summed E-state index contributed by atoms with van der Waals surface area (Å²) in [6.45, 7) is 9.07. The van der Waals surface area contributed by atoms with Crippen molar-refractivity contribution in [1.29, 1.82) is 0 Å². The molecule has 2 aliphatic rings. The Balaban J connectivity index is 1.95. The molecule has 0 heterocycles. The van der Waals surface area contributed by atoms with Crippen LogP contribution >= 0.6 is 0 Å². The van der Waals surface area contributed by atoms with Gasteiger partial charge in [0.2, 0.25) is 0 Å². The van der Waals surface area contributed by atoms with Crippen LogP contribution in [0.1, 0.15) is 46.5 Å². The average Bonchev–Trinajstić information content (AvgIpc) is 2.78. The molecule has 2 fully saturated rings. The maximum absolute atomic E-state index is 6.02. The number of nitrogens with two attached hydrogens (primary N) is 1. The standard InChI is InChI=1S/C13H26N2/c1-10-7-11(10)8-15-13(9-14)6-4-5-12(13,2)3/h10-11,15H,4-9,14H2,1-3H3. The second kappa shape index (κ2) is 3.74. The largest absolute Gasteiger partial charge is 0.329 e. The van der Waals surface area contributed by atoms with Gasteiger partial charge in [-0.1, -0.05) is 27.2 Å². The Bertz CT molecular complexity index is 237. The molecule has 2 rings (SSSR count). The highest BCUT2D eigenvalue weighted by Gasteiger charge is 2.48. The van der Waals surface area contributed by atoms with Crippen LogP contribution in [0.2, 0.25) is 0 Å². The highest BCUT2D eigenvalue weighted by atomic mass is 15.0. The molecule has 0 aromatic heterocycles. The third-order valence-electron chi connectivity index (χ3n) is 5.03.